The van der Waals surface area contributed by atoms with Crippen LogP contribution in [0.3, 0.4) is 0 Å². The summed E-state index contributed by atoms with van der Waals surface area (Å²) in [5.41, 5.74) is 0.676. The van der Waals surface area contributed by atoms with Crippen molar-refractivity contribution in [3.05, 3.63) is 26.3 Å². The molecule has 3 nitrogen and oxygen atoms in total. The van der Waals surface area contributed by atoms with Crippen LogP contribution in [0.15, 0.2) is 9.27 Å². The first-order valence-corrected chi connectivity index (χ1v) is 5.65. The van der Waals surface area contributed by atoms with Crippen molar-refractivity contribution in [2.45, 2.75) is 39.5 Å². The summed E-state index contributed by atoms with van der Waals surface area (Å²) >= 11 is 3.20. The SMILES string of the molecule is CCC(CC)c1nc(C)c(Br)c(=O)[nH]1. The van der Waals surface area contributed by atoms with Crippen LogP contribution in [0, 0.1) is 6.92 Å². The van der Waals surface area contributed by atoms with E-state index in [1.807, 2.05) is 6.92 Å². The lowest BCUT2D eigenvalue weighted by molar-refractivity contribution is 0.596. The fourth-order valence-electron chi connectivity index (χ4n) is 1.46. The number of aromatic nitrogens is 2. The van der Waals surface area contributed by atoms with Crippen LogP contribution in [-0.4, -0.2) is 9.97 Å². The van der Waals surface area contributed by atoms with Gasteiger partial charge in [-0.2, -0.15) is 0 Å². The molecule has 0 saturated heterocycles. The van der Waals surface area contributed by atoms with Crippen molar-refractivity contribution in [3.63, 3.8) is 0 Å². The molecule has 0 aliphatic carbocycles. The third kappa shape index (κ3) is 2.23. The lowest BCUT2D eigenvalue weighted by atomic mass is 10.0. The average Bonchev–Trinajstić information content (AvgIpc) is 2.16. The minimum atomic E-state index is -0.0839. The minimum Gasteiger partial charge on any atom is -0.309 e. The van der Waals surface area contributed by atoms with E-state index in [4.69, 9.17) is 0 Å². The summed E-state index contributed by atoms with van der Waals surface area (Å²) in [4.78, 5) is 18.6. The molecule has 78 valence electrons. The van der Waals surface area contributed by atoms with Crippen molar-refractivity contribution in [1.82, 2.24) is 9.97 Å². The number of hydrogen-bond donors (Lipinski definition) is 1. The maximum Gasteiger partial charge on any atom is 0.265 e. The van der Waals surface area contributed by atoms with Gasteiger partial charge in [0.2, 0.25) is 0 Å². The molecule has 0 amide bonds. The molecule has 0 aromatic carbocycles. The van der Waals surface area contributed by atoms with E-state index in [9.17, 15) is 4.79 Å². The van der Waals surface area contributed by atoms with Gasteiger partial charge in [0.15, 0.2) is 0 Å². The second-order valence-corrected chi connectivity index (χ2v) is 4.16. The molecule has 1 heterocycles. The fourth-order valence-corrected chi connectivity index (χ4v) is 1.65. The molecule has 0 aliphatic rings. The summed E-state index contributed by atoms with van der Waals surface area (Å²) in [6.07, 6.45) is 2.00. The number of H-pyrrole nitrogens is 1. The lowest BCUT2D eigenvalue weighted by Crippen LogP contribution is -2.16. The zero-order valence-corrected chi connectivity index (χ0v) is 10.3. The molecule has 0 fully saturated rings. The number of hydrogen-bond acceptors (Lipinski definition) is 2. The summed E-state index contributed by atoms with van der Waals surface area (Å²) in [7, 11) is 0. The average molecular weight is 259 g/mol. The van der Waals surface area contributed by atoms with Crippen molar-refractivity contribution >= 4 is 15.9 Å². The Morgan fingerprint density at radius 3 is 2.43 bits per heavy atom. The maximum atomic E-state index is 11.5. The van der Waals surface area contributed by atoms with Gasteiger partial charge in [0.1, 0.15) is 10.3 Å². The topological polar surface area (TPSA) is 45.8 Å². The van der Waals surface area contributed by atoms with E-state index in [0.717, 1.165) is 24.4 Å². The fraction of sp³-hybridized carbons (Fsp3) is 0.600. The molecule has 0 radical (unpaired) electrons. The second-order valence-electron chi connectivity index (χ2n) is 3.36. The first-order chi connectivity index (χ1) is 6.60. The zero-order valence-electron chi connectivity index (χ0n) is 8.72. The zero-order chi connectivity index (χ0) is 10.7. The number of nitrogens with one attached hydrogen (secondary N) is 1. The molecule has 0 unspecified atom stereocenters. The van der Waals surface area contributed by atoms with Crippen molar-refractivity contribution in [3.8, 4) is 0 Å². The van der Waals surface area contributed by atoms with Crippen molar-refractivity contribution < 1.29 is 0 Å². The molecule has 1 N–H and O–H groups in total. The van der Waals surface area contributed by atoms with Crippen LogP contribution >= 0.6 is 15.9 Å². The highest BCUT2D eigenvalue weighted by atomic mass is 79.9. The predicted octanol–water partition coefficient (Wildman–Crippen LogP) is 2.74. The highest BCUT2D eigenvalue weighted by Crippen LogP contribution is 2.19. The van der Waals surface area contributed by atoms with Gasteiger partial charge in [-0.15, -0.1) is 0 Å². The van der Waals surface area contributed by atoms with E-state index in [1.54, 1.807) is 0 Å². The van der Waals surface area contributed by atoms with Gasteiger partial charge in [-0.1, -0.05) is 13.8 Å². The summed E-state index contributed by atoms with van der Waals surface area (Å²) in [6.45, 7) is 6.04. The quantitative estimate of drug-likeness (QED) is 0.907. The number of aryl methyl sites for hydroxylation is 1. The highest BCUT2D eigenvalue weighted by molar-refractivity contribution is 9.10. The van der Waals surface area contributed by atoms with Crippen molar-refractivity contribution in [2.75, 3.05) is 0 Å². The maximum absolute atomic E-state index is 11.5. The first-order valence-electron chi connectivity index (χ1n) is 4.86. The van der Waals surface area contributed by atoms with Crippen LogP contribution in [0.1, 0.15) is 44.1 Å². The van der Waals surface area contributed by atoms with Crippen LogP contribution in [-0.2, 0) is 0 Å². The molecule has 0 aliphatic heterocycles. The Morgan fingerprint density at radius 1 is 1.43 bits per heavy atom. The Balaban J connectivity index is 3.18. The number of rotatable bonds is 3. The molecule has 4 heteroatoms. The lowest BCUT2D eigenvalue weighted by Gasteiger charge is -2.11. The summed E-state index contributed by atoms with van der Waals surface area (Å²) in [5, 5.41) is 0. The van der Waals surface area contributed by atoms with Gasteiger partial charge in [0, 0.05) is 5.92 Å². The summed E-state index contributed by atoms with van der Waals surface area (Å²) in [5.74, 6) is 1.16. The molecule has 0 spiro atoms. The van der Waals surface area contributed by atoms with Gasteiger partial charge in [0.05, 0.1) is 5.69 Å². The number of nitrogens with zero attached hydrogens (tertiary/aromatic N) is 1. The van der Waals surface area contributed by atoms with Crippen LogP contribution in [0.25, 0.3) is 0 Å². The Labute approximate surface area is 92.1 Å². The molecule has 14 heavy (non-hydrogen) atoms. The Hall–Kier alpha value is -0.640. The van der Waals surface area contributed by atoms with E-state index < -0.39 is 0 Å². The van der Waals surface area contributed by atoms with Crippen molar-refractivity contribution in [1.29, 1.82) is 0 Å². The van der Waals surface area contributed by atoms with E-state index in [1.165, 1.54) is 0 Å². The molecular weight excluding hydrogens is 244 g/mol. The summed E-state index contributed by atoms with van der Waals surface area (Å²) < 4.78 is 0.534. The van der Waals surface area contributed by atoms with Crippen LogP contribution in [0.5, 0.6) is 0 Å². The van der Waals surface area contributed by atoms with E-state index >= 15 is 0 Å². The van der Waals surface area contributed by atoms with Gasteiger partial charge in [-0.25, -0.2) is 4.98 Å². The van der Waals surface area contributed by atoms with Crippen molar-refractivity contribution in [2.24, 2.45) is 0 Å². The predicted molar refractivity (Wildman–Crippen MR) is 60.6 cm³/mol. The smallest absolute Gasteiger partial charge is 0.265 e. The summed E-state index contributed by atoms with van der Waals surface area (Å²) in [6, 6.07) is 0. The molecular formula is C10H15BrN2O. The second kappa shape index (κ2) is 4.73. The minimum absolute atomic E-state index is 0.0839. The normalized spacial score (nSPS) is 10.9. The van der Waals surface area contributed by atoms with Crippen LogP contribution < -0.4 is 5.56 Å². The monoisotopic (exact) mass is 258 g/mol. The van der Waals surface area contributed by atoms with Crippen LogP contribution in [0.2, 0.25) is 0 Å². The molecule has 0 atom stereocenters. The van der Waals surface area contributed by atoms with Gasteiger partial charge in [0.25, 0.3) is 5.56 Å². The Bertz CT molecular complexity index is 369. The van der Waals surface area contributed by atoms with E-state index in [0.29, 0.717) is 10.4 Å². The third-order valence-electron chi connectivity index (χ3n) is 2.42. The van der Waals surface area contributed by atoms with E-state index in [2.05, 4.69) is 39.7 Å². The molecule has 0 saturated carbocycles. The van der Waals surface area contributed by atoms with Gasteiger partial charge >= 0.3 is 0 Å². The highest BCUT2D eigenvalue weighted by Gasteiger charge is 2.12. The first kappa shape index (κ1) is 11.4. The third-order valence-corrected chi connectivity index (χ3v) is 3.35. The Kier molecular flexibility index (Phi) is 3.86. The molecule has 1 aromatic heterocycles. The van der Waals surface area contributed by atoms with Gasteiger partial charge in [-0.3, -0.25) is 4.79 Å². The van der Waals surface area contributed by atoms with Gasteiger partial charge < -0.3 is 4.98 Å². The standard InChI is InChI=1S/C10H15BrN2O/c1-4-7(5-2)9-12-6(3)8(11)10(14)13-9/h7H,4-5H2,1-3H3,(H,12,13,14). The largest absolute Gasteiger partial charge is 0.309 e. The number of halogens is 1. The Morgan fingerprint density at radius 2 is 2.00 bits per heavy atom. The van der Waals surface area contributed by atoms with E-state index in [-0.39, 0.29) is 5.56 Å². The van der Waals surface area contributed by atoms with Crippen LogP contribution in [0.4, 0.5) is 0 Å². The molecule has 1 aromatic rings. The van der Waals surface area contributed by atoms with Gasteiger partial charge in [-0.05, 0) is 35.7 Å². The number of aromatic amines is 1. The molecule has 0 bridgehead atoms. The molecule has 1 rings (SSSR count).